The van der Waals surface area contributed by atoms with Gasteiger partial charge < -0.3 is 10.6 Å². The van der Waals surface area contributed by atoms with Gasteiger partial charge in [-0.25, -0.2) is 18.4 Å². The summed E-state index contributed by atoms with van der Waals surface area (Å²) in [6, 6.07) is 8.40. The Kier molecular flexibility index (Phi) is 5.48. The third-order valence-electron chi connectivity index (χ3n) is 3.71. The van der Waals surface area contributed by atoms with Gasteiger partial charge in [0.1, 0.15) is 12.1 Å². The van der Waals surface area contributed by atoms with Gasteiger partial charge in [0.2, 0.25) is 0 Å². The van der Waals surface area contributed by atoms with Gasteiger partial charge in [-0.3, -0.25) is 4.79 Å². The molecule has 2 aromatic heterocycles. The highest BCUT2D eigenvalue weighted by Crippen LogP contribution is 2.22. The number of sulfone groups is 1. The molecule has 26 heavy (non-hydrogen) atoms. The number of hydrogen-bond acceptors (Lipinski definition) is 7. The molecule has 0 aliphatic heterocycles. The highest BCUT2D eigenvalue weighted by atomic mass is 32.2. The van der Waals surface area contributed by atoms with E-state index < -0.39 is 9.84 Å². The molecule has 3 rings (SSSR count). The van der Waals surface area contributed by atoms with Crippen LogP contribution in [-0.2, 0) is 9.84 Å². The van der Waals surface area contributed by atoms with Crippen LogP contribution >= 0.6 is 11.3 Å². The number of benzene rings is 1. The highest BCUT2D eigenvalue weighted by molar-refractivity contribution is 7.90. The second kappa shape index (κ2) is 7.79. The van der Waals surface area contributed by atoms with Gasteiger partial charge in [-0.1, -0.05) is 6.07 Å². The molecule has 0 bridgehead atoms. The molecule has 0 saturated carbocycles. The van der Waals surface area contributed by atoms with E-state index in [1.54, 1.807) is 18.2 Å². The molecule has 1 amide bonds. The standard InChI is InChI=1S/C17H18N4O3S2/c1-26(23,24)12-5-6-14-13(10-12)16(21-11-20-14)18-7-3-8-19-17(22)15-4-2-9-25-15/h2,4-6,9-11H,3,7-8H2,1H3,(H,19,22)(H,18,20,21). The van der Waals surface area contributed by atoms with Crippen LogP contribution in [0.3, 0.4) is 0 Å². The van der Waals surface area contributed by atoms with Crippen LogP contribution in [0.4, 0.5) is 5.82 Å². The van der Waals surface area contributed by atoms with Crippen LogP contribution in [0.15, 0.2) is 46.9 Å². The zero-order chi connectivity index (χ0) is 18.6. The number of anilines is 1. The topological polar surface area (TPSA) is 101 Å². The number of nitrogens with one attached hydrogen (secondary N) is 2. The SMILES string of the molecule is CS(=O)(=O)c1ccc2ncnc(NCCCNC(=O)c3cccs3)c2c1. The summed E-state index contributed by atoms with van der Waals surface area (Å²) in [4.78, 5) is 21.1. The predicted octanol–water partition coefficient (Wildman–Crippen LogP) is 2.33. The quantitative estimate of drug-likeness (QED) is 0.601. The van der Waals surface area contributed by atoms with E-state index in [1.807, 2.05) is 11.4 Å². The van der Waals surface area contributed by atoms with Crippen molar-refractivity contribution in [3.05, 3.63) is 46.9 Å². The van der Waals surface area contributed by atoms with Gasteiger partial charge in [0.15, 0.2) is 9.84 Å². The molecule has 2 heterocycles. The van der Waals surface area contributed by atoms with Crippen molar-refractivity contribution < 1.29 is 13.2 Å². The van der Waals surface area contributed by atoms with Crippen molar-refractivity contribution in [2.45, 2.75) is 11.3 Å². The van der Waals surface area contributed by atoms with Crippen LogP contribution in [0.2, 0.25) is 0 Å². The Morgan fingerprint density at radius 3 is 2.77 bits per heavy atom. The molecule has 0 atom stereocenters. The maximum atomic E-state index is 11.8. The van der Waals surface area contributed by atoms with Crippen molar-refractivity contribution in [3.63, 3.8) is 0 Å². The average molecular weight is 390 g/mol. The van der Waals surface area contributed by atoms with Crippen LogP contribution in [0.1, 0.15) is 16.1 Å². The molecule has 136 valence electrons. The third-order valence-corrected chi connectivity index (χ3v) is 5.69. The van der Waals surface area contributed by atoms with E-state index in [9.17, 15) is 13.2 Å². The van der Waals surface area contributed by atoms with Gasteiger partial charge in [-0.15, -0.1) is 11.3 Å². The van der Waals surface area contributed by atoms with Gasteiger partial charge in [-0.05, 0) is 36.1 Å². The lowest BCUT2D eigenvalue weighted by Gasteiger charge is -2.09. The molecule has 0 fully saturated rings. The molecule has 0 spiro atoms. The second-order valence-corrected chi connectivity index (χ2v) is 8.65. The highest BCUT2D eigenvalue weighted by Gasteiger charge is 2.11. The fourth-order valence-corrected chi connectivity index (χ4v) is 3.69. The fourth-order valence-electron chi connectivity index (χ4n) is 2.40. The largest absolute Gasteiger partial charge is 0.369 e. The smallest absolute Gasteiger partial charge is 0.261 e. The summed E-state index contributed by atoms with van der Waals surface area (Å²) in [7, 11) is -3.30. The Bertz CT molecular complexity index is 1020. The Balaban J connectivity index is 1.61. The summed E-state index contributed by atoms with van der Waals surface area (Å²) >= 11 is 1.40. The molecule has 0 radical (unpaired) electrons. The van der Waals surface area contributed by atoms with E-state index >= 15 is 0 Å². The lowest BCUT2D eigenvalue weighted by molar-refractivity contribution is 0.0957. The van der Waals surface area contributed by atoms with E-state index in [1.165, 1.54) is 30.0 Å². The molecule has 3 aromatic rings. The number of carbonyl (C=O) groups is 1. The number of thiophene rings is 1. The molecule has 0 aliphatic carbocycles. The Hall–Kier alpha value is -2.52. The molecule has 1 aromatic carbocycles. The van der Waals surface area contributed by atoms with Crippen molar-refractivity contribution in [1.82, 2.24) is 15.3 Å². The fraction of sp³-hybridized carbons (Fsp3) is 0.235. The minimum Gasteiger partial charge on any atom is -0.369 e. The Morgan fingerprint density at radius 1 is 1.19 bits per heavy atom. The van der Waals surface area contributed by atoms with Crippen molar-refractivity contribution in [2.24, 2.45) is 0 Å². The predicted molar refractivity (Wildman–Crippen MR) is 102 cm³/mol. The lowest BCUT2D eigenvalue weighted by atomic mass is 10.2. The number of amides is 1. The Morgan fingerprint density at radius 2 is 2.04 bits per heavy atom. The molecular weight excluding hydrogens is 372 g/mol. The summed E-state index contributed by atoms with van der Waals surface area (Å²) in [5.74, 6) is 0.496. The van der Waals surface area contributed by atoms with Crippen molar-refractivity contribution in [1.29, 1.82) is 0 Å². The molecule has 0 aliphatic rings. The molecule has 7 nitrogen and oxygen atoms in total. The lowest BCUT2D eigenvalue weighted by Crippen LogP contribution is -2.25. The third kappa shape index (κ3) is 4.36. The first-order valence-corrected chi connectivity index (χ1v) is 10.7. The summed E-state index contributed by atoms with van der Waals surface area (Å²) < 4.78 is 23.5. The first kappa shape index (κ1) is 18.3. The van der Waals surface area contributed by atoms with Gasteiger partial charge in [0.25, 0.3) is 5.91 Å². The number of rotatable bonds is 7. The molecule has 2 N–H and O–H groups in total. The minimum absolute atomic E-state index is 0.0784. The van der Waals surface area contributed by atoms with Crippen molar-refractivity contribution in [2.75, 3.05) is 24.7 Å². The summed E-state index contributed by atoms with van der Waals surface area (Å²) in [6.45, 7) is 1.11. The number of carbonyl (C=O) groups excluding carboxylic acids is 1. The monoisotopic (exact) mass is 390 g/mol. The zero-order valence-electron chi connectivity index (χ0n) is 14.1. The van der Waals surface area contributed by atoms with Crippen molar-refractivity contribution >= 4 is 43.8 Å². The van der Waals surface area contributed by atoms with E-state index in [4.69, 9.17) is 0 Å². The Labute approximate surface area is 155 Å². The van der Waals surface area contributed by atoms with Crippen LogP contribution in [-0.4, -0.2) is 43.6 Å². The second-order valence-electron chi connectivity index (χ2n) is 5.69. The van der Waals surface area contributed by atoms with Crippen molar-refractivity contribution in [3.8, 4) is 0 Å². The van der Waals surface area contributed by atoms with E-state index in [-0.39, 0.29) is 10.8 Å². The summed E-state index contributed by atoms with van der Waals surface area (Å²) in [5, 5.41) is 8.55. The summed E-state index contributed by atoms with van der Waals surface area (Å²) in [5.41, 5.74) is 0.667. The average Bonchev–Trinajstić information content (AvgIpc) is 3.15. The maximum absolute atomic E-state index is 11.8. The summed E-state index contributed by atoms with van der Waals surface area (Å²) in [6.07, 6.45) is 3.30. The van der Waals surface area contributed by atoms with Gasteiger partial charge in [-0.2, -0.15) is 0 Å². The molecule has 9 heteroatoms. The van der Waals surface area contributed by atoms with Crippen LogP contribution in [0, 0.1) is 0 Å². The number of hydrogen-bond donors (Lipinski definition) is 2. The number of nitrogens with zero attached hydrogens (tertiary/aromatic N) is 2. The van der Waals surface area contributed by atoms with Crippen LogP contribution in [0.25, 0.3) is 10.9 Å². The molecule has 0 unspecified atom stereocenters. The van der Waals surface area contributed by atoms with Crippen LogP contribution in [0.5, 0.6) is 0 Å². The van der Waals surface area contributed by atoms with E-state index in [0.29, 0.717) is 41.1 Å². The first-order valence-electron chi connectivity index (χ1n) is 7.95. The maximum Gasteiger partial charge on any atom is 0.261 e. The molecular formula is C17H18N4O3S2. The molecule has 0 saturated heterocycles. The first-order chi connectivity index (χ1) is 12.4. The normalized spacial score (nSPS) is 11.4. The van der Waals surface area contributed by atoms with Crippen LogP contribution < -0.4 is 10.6 Å². The number of aromatic nitrogens is 2. The number of fused-ring (bicyclic) bond motifs is 1. The van der Waals surface area contributed by atoms with Gasteiger partial charge in [0, 0.05) is 24.7 Å². The van der Waals surface area contributed by atoms with E-state index in [2.05, 4.69) is 20.6 Å². The van der Waals surface area contributed by atoms with Gasteiger partial charge >= 0.3 is 0 Å². The minimum atomic E-state index is -3.30. The van der Waals surface area contributed by atoms with Gasteiger partial charge in [0.05, 0.1) is 15.3 Å². The zero-order valence-corrected chi connectivity index (χ0v) is 15.7. The van der Waals surface area contributed by atoms with E-state index in [0.717, 1.165) is 0 Å².